The highest BCUT2D eigenvalue weighted by Gasteiger charge is 2.32. The maximum absolute atomic E-state index is 13.0. The van der Waals surface area contributed by atoms with Gasteiger partial charge >= 0.3 is 10.1 Å². The summed E-state index contributed by atoms with van der Waals surface area (Å²) in [7, 11) is -4.07. The highest BCUT2D eigenvalue weighted by atomic mass is 35.5. The first-order valence-electron chi connectivity index (χ1n) is 8.53. The molecule has 0 saturated heterocycles. The van der Waals surface area contributed by atoms with Gasteiger partial charge in [0, 0.05) is 24.9 Å². The predicted molar refractivity (Wildman–Crippen MR) is 99.6 cm³/mol. The quantitative estimate of drug-likeness (QED) is 0.490. The van der Waals surface area contributed by atoms with Gasteiger partial charge in [0.05, 0.1) is 0 Å². The van der Waals surface area contributed by atoms with Gasteiger partial charge in [-0.1, -0.05) is 12.1 Å². The molecule has 1 amide bonds. The van der Waals surface area contributed by atoms with Crippen LogP contribution in [-0.2, 0) is 21.5 Å². The molecular formula is C19H19ClFNO4S. The molecule has 3 rings (SSSR count). The normalized spacial score (nSPS) is 14.0. The van der Waals surface area contributed by atoms with Crippen LogP contribution in [0.1, 0.15) is 24.8 Å². The second-order valence-corrected chi connectivity index (χ2v) is 8.25. The summed E-state index contributed by atoms with van der Waals surface area (Å²) in [6.07, 6.45) is 2.19. The zero-order chi connectivity index (χ0) is 19.4. The lowest BCUT2D eigenvalue weighted by Crippen LogP contribution is -2.32. The summed E-state index contributed by atoms with van der Waals surface area (Å²) in [4.78, 5) is 13.9. The molecule has 0 heterocycles. The third kappa shape index (κ3) is 5.20. The summed E-state index contributed by atoms with van der Waals surface area (Å²) in [5.41, 5.74) is 0.761. The van der Waals surface area contributed by atoms with Gasteiger partial charge in [0.25, 0.3) is 0 Å². The molecule has 2 aromatic carbocycles. The maximum Gasteiger partial charge on any atom is 0.339 e. The molecule has 1 fully saturated rings. The number of benzene rings is 2. The van der Waals surface area contributed by atoms with Crippen molar-refractivity contribution >= 4 is 27.6 Å². The van der Waals surface area contributed by atoms with E-state index in [1.54, 1.807) is 23.1 Å². The lowest BCUT2D eigenvalue weighted by atomic mass is 10.2. The van der Waals surface area contributed by atoms with Crippen LogP contribution >= 0.6 is 11.6 Å². The van der Waals surface area contributed by atoms with E-state index in [-0.39, 0.29) is 34.9 Å². The Hall–Kier alpha value is -2.12. The number of carbonyl (C=O) groups is 1. The van der Waals surface area contributed by atoms with Crippen LogP contribution in [0.4, 0.5) is 4.39 Å². The van der Waals surface area contributed by atoms with Crippen molar-refractivity contribution in [3.05, 3.63) is 59.9 Å². The molecule has 0 unspecified atom stereocenters. The van der Waals surface area contributed by atoms with Crippen molar-refractivity contribution in [3.63, 3.8) is 0 Å². The highest BCUT2D eigenvalue weighted by Crippen LogP contribution is 2.30. The SMILES string of the molecule is O=C(CCCl)N(Cc1cccc(OS(=O)(=O)c2ccc(F)cc2)c1)C1CC1. The maximum atomic E-state index is 13.0. The Labute approximate surface area is 162 Å². The minimum atomic E-state index is -4.07. The van der Waals surface area contributed by atoms with E-state index in [0.29, 0.717) is 6.54 Å². The molecule has 27 heavy (non-hydrogen) atoms. The fourth-order valence-corrected chi connectivity index (χ4v) is 3.78. The third-order valence-electron chi connectivity index (χ3n) is 4.18. The minimum Gasteiger partial charge on any atom is -0.379 e. The Morgan fingerprint density at radius 1 is 1.19 bits per heavy atom. The summed E-state index contributed by atoms with van der Waals surface area (Å²) >= 11 is 5.68. The molecule has 1 aliphatic rings. The monoisotopic (exact) mass is 411 g/mol. The Morgan fingerprint density at radius 2 is 1.89 bits per heavy atom. The van der Waals surface area contributed by atoms with Crippen molar-refractivity contribution in [2.24, 2.45) is 0 Å². The minimum absolute atomic E-state index is 0.0160. The first-order chi connectivity index (χ1) is 12.9. The van der Waals surface area contributed by atoms with Gasteiger partial charge in [0.2, 0.25) is 5.91 Å². The van der Waals surface area contributed by atoms with Gasteiger partial charge in [-0.05, 0) is 54.8 Å². The molecule has 0 aromatic heterocycles. The molecule has 5 nitrogen and oxygen atoms in total. The summed E-state index contributed by atoms with van der Waals surface area (Å²) in [5.74, 6) is -0.144. The Morgan fingerprint density at radius 3 is 2.52 bits per heavy atom. The molecule has 0 bridgehead atoms. The smallest absolute Gasteiger partial charge is 0.339 e. The summed E-state index contributed by atoms with van der Waals surface area (Å²) in [6.45, 7) is 0.369. The molecule has 0 radical (unpaired) electrons. The lowest BCUT2D eigenvalue weighted by Gasteiger charge is -2.22. The molecule has 1 aliphatic carbocycles. The number of carbonyl (C=O) groups excluding carboxylic acids is 1. The van der Waals surface area contributed by atoms with Crippen molar-refractivity contribution in [1.29, 1.82) is 0 Å². The van der Waals surface area contributed by atoms with Crippen molar-refractivity contribution < 1.29 is 21.8 Å². The van der Waals surface area contributed by atoms with Crippen LogP contribution in [0.25, 0.3) is 0 Å². The van der Waals surface area contributed by atoms with E-state index in [0.717, 1.165) is 42.7 Å². The first kappa shape index (κ1) is 19.6. The number of alkyl halides is 1. The van der Waals surface area contributed by atoms with Crippen LogP contribution in [0.2, 0.25) is 0 Å². The van der Waals surface area contributed by atoms with Gasteiger partial charge in [-0.25, -0.2) is 4.39 Å². The van der Waals surface area contributed by atoms with E-state index < -0.39 is 15.9 Å². The van der Waals surface area contributed by atoms with E-state index in [1.165, 1.54) is 6.07 Å². The van der Waals surface area contributed by atoms with Crippen LogP contribution in [-0.4, -0.2) is 31.1 Å². The Balaban J connectivity index is 1.75. The number of hydrogen-bond donors (Lipinski definition) is 0. The number of nitrogens with zero attached hydrogens (tertiary/aromatic N) is 1. The van der Waals surface area contributed by atoms with E-state index in [9.17, 15) is 17.6 Å². The van der Waals surface area contributed by atoms with Gasteiger partial charge < -0.3 is 9.08 Å². The molecule has 1 saturated carbocycles. The second kappa shape index (κ2) is 8.27. The Bertz CT molecular complexity index is 914. The van der Waals surface area contributed by atoms with Crippen molar-refractivity contribution in [2.45, 2.75) is 36.7 Å². The topological polar surface area (TPSA) is 63.7 Å². The average Bonchev–Trinajstić information content (AvgIpc) is 3.45. The number of hydrogen-bond acceptors (Lipinski definition) is 4. The summed E-state index contributed by atoms with van der Waals surface area (Å²) in [5, 5.41) is 0. The highest BCUT2D eigenvalue weighted by molar-refractivity contribution is 7.87. The molecule has 0 spiro atoms. The second-order valence-electron chi connectivity index (χ2n) is 6.33. The van der Waals surface area contributed by atoms with Crippen LogP contribution < -0.4 is 4.18 Å². The molecule has 0 N–H and O–H groups in total. The third-order valence-corrected chi connectivity index (χ3v) is 5.63. The number of halogens is 2. The van der Waals surface area contributed by atoms with E-state index in [1.807, 2.05) is 0 Å². The zero-order valence-corrected chi connectivity index (χ0v) is 16.0. The molecule has 0 aliphatic heterocycles. The van der Waals surface area contributed by atoms with Gasteiger partial charge in [-0.3, -0.25) is 4.79 Å². The van der Waals surface area contributed by atoms with Gasteiger partial charge in [0.15, 0.2) is 0 Å². The largest absolute Gasteiger partial charge is 0.379 e. The van der Waals surface area contributed by atoms with Crippen molar-refractivity contribution in [1.82, 2.24) is 4.90 Å². The molecule has 0 atom stereocenters. The van der Waals surface area contributed by atoms with E-state index in [2.05, 4.69) is 0 Å². The van der Waals surface area contributed by atoms with Crippen LogP contribution in [0, 0.1) is 5.82 Å². The van der Waals surface area contributed by atoms with Gasteiger partial charge in [-0.15, -0.1) is 11.6 Å². The molecular weight excluding hydrogens is 393 g/mol. The predicted octanol–water partition coefficient (Wildman–Crippen LogP) is 3.71. The summed E-state index contributed by atoms with van der Waals surface area (Å²) < 4.78 is 42.8. The van der Waals surface area contributed by atoms with E-state index in [4.69, 9.17) is 15.8 Å². The molecule has 2 aromatic rings. The average molecular weight is 412 g/mol. The van der Waals surface area contributed by atoms with Crippen molar-refractivity contribution in [2.75, 3.05) is 5.88 Å². The standard InChI is InChI=1S/C19H19ClFNO4S/c20-11-10-19(23)22(16-6-7-16)13-14-2-1-3-17(12-14)26-27(24,25)18-8-4-15(21)5-9-18/h1-5,8-9,12,16H,6-7,10-11,13H2. The number of rotatable bonds is 8. The molecule has 8 heteroatoms. The number of amides is 1. The van der Waals surface area contributed by atoms with Crippen molar-refractivity contribution in [3.8, 4) is 5.75 Å². The first-order valence-corrected chi connectivity index (χ1v) is 10.5. The van der Waals surface area contributed by atoms with Gasteiger partial charge in [-0.2, -0.15) is 8.42 Å². The fourth-order valence-electron chi connectivity index (χ4n) is 2.70. The fraction of sp³-hybridized carbons (Fsp3) is 0.316. The van der Waals surface area contributed by atoms with E-state index >= 15 is 0 Å². The van der Waals surface area contributed by atoms with Crippen LogP contribution in [0.5, 0.6) is 5.75 Å². The molecule has 144 valence electrons. The Kier molecular flexibility index (Phi) is 6.01. The lowest BCUT2D eigenvalue weighted by molar-refractivity contribution is -0.132. The van der Waals surface area contributed by atoms with Crippen LogP contribution in [0.3, 0.4) is 0 Å². The van der Waals surface area contributed by atoms with Crippen LogP contribution in [0.15, 0.2) is 53.4 Å². The van der Waals surface area contributed by atoms with Gasteiger partial charge in [0.1, 0.15) is 16.5 Å². The summed E-state index contributed by atoms with van der Waals surface area (Å²) in [6, 6.07) is 11.2. The zero-order valence-electron chi connectivity index (χ0n) is 14.5.